The monoisotopic (exact) mass is 686 g/mol. The van der Waals surface area contributed by atoms with Crippen molar-refractivity contribution in [2.75, 3.05) is 0 Å². The van der Waals surface area contributed by atoms with Crippen LogP contribution in [0.2, 0.25) is 0 Å². The molecular formula is C49H42N4. The van der Waals surface area contributed by atoms with Crippen LogP contribution in [0.3, 0.4) is 0 Å². The summed E-state index contributed by atoms with van der Waals surface area (Å²) in [5.74, 6) is 2.47. The first kappa shape index (κ1) is 32.8. The van der Waals surface area contributed by atoms with Crippen LogP contribution in [0.15, 0.2) is 174 Å². The predicted octanol–water partition coefficient (Wildman–Crippen LogP) is 11.5. The molecule has 0 spiro atoms. The molecule has 4 heteroatoms. The van der Waals surface area contributed by atoms with Crippen molar-refractivity contribution in [3.05, 3.63) is 191 Å². The Bertz CT molecular complexity index is 2460. The molecule has 5 aromatic rings. The van der Waals surface area contributed by atoms with E-state index >= 15 is 0 Å². The maximum absolute atomic E-state index is 5.31. The van der Waals surface area contributed by atoms with Crippen LogP contribution in [-0.2, 0) is 5.54 Å². The first-order valence-electron chi connectivity index (χ1n) is 18.7. The lowest BCUT2D eigenvalue weighted by Gasteiger charge is -2.42. The molecule has 0 radical (unpaired) electrons. The Morgan fingerprint density at radius 3 is 2.19 bits per heavy atom. The third-order valence-electron chi connectivity index (χ3n) is 11.0. The van der Waals surface area contributed by atoms with Crippen LogP contribution in [0.25, 0.3) is 45.4 Å². The predicted molar refractivity (Wildman–Crippen MR) is 220 cm³/mol. The number of amidine groups is 1. The van der Waals surface area contributed by atoms with Gasteiger partial charge in [-0.1, -0.05) is 153 Å². The van der Waals surface area contributed by atoms with Crippen LogP contribution in [0.1, 0.15) is 56.0 Å². The lowest BCUT2D eigenvalue weighted by atomic mass is 9.74. The molecule has 0 bridgehead atoms. The van der Waals surface area contributed by atoms with Crippen molar-refractivity contribution in [2.45, 2.75) is 39.2 Å². The van der Waals surface area contributed by atoms with E-state index in [0.717, 1.165) is 69.4 Å². The minimum Gasteiger partial charge on any atom is -0.356 e. The topological polar surface area (TPSA) is 50.2 Å². The zero-order valence-corrected chi connectivity index (χ0v) is 30.4. The zero-order chi connectivity index (χ0) is 35.9. The number of allylic oxidation sites excluding steroid dienone is 7. The van der Waals surface area contributed by atoms with Gasteiger partial charge < -0.3 is 5.32 Å². The molecule has 0 fully saturated rings. The average molecular weight is 687 g/mol. The van der Waals surface area contributed by atoms with E-state index < -0.39 is 5.54 Å². The molecule has 4 aromatic carbocycles. The lowest BCUT2D eigenvalue weighted by molar-refractivity contribution is 0.511. The Kier molecular flexibility index (Phi) is 8.31. The second-order valence-corrected chi connectivity index (χ2v) is 14.8. The van der Waals surface area contributed by atoms with Crippen molar-refractivity contribution >= 4 is 17.5 Å². The van der Waals surface area contributed by atoms with E-state index in [0.29, 0.717) is 11.8 Å². The van der Waals surface area contributed by atoms with Gasteiger partial charge in [0.1, 0.15) is 5.84 Å². The summed E-state index contributed by atoms with van der Waals surface area (Å²) in [4.78, 5) is 15.7. The fourth-order valence-electron chi connectivity index (χ4n) is 8.04. The van der Waals surface area contributed by atoms with Crippen molar-refractivity contribution in [1.82, 2.24) is 15.3 Å². The molecule has 258 valence electrons. The summed E-state index contributed by atoms with van der Waals surface area (Å²) in [5.41, 5.74) is 13.9. The smallest absolute Gasteiger partial charge is 0.160 e. The normalized spacial score (nSPS) is 21.6. The Morgan fingerprint density at radius 1 is 0.660 bits per heavy atom. The van der Waals surface area contributed by atoms with Crippen LogP contribution in [-0.4, -0.2) is 15.8 Å². The number of hydrogen-bond donors (Lipinski definition) is 1. The summed E-state index contributed by atoms with van der Waals surface area (Å²) in [5, 5.41) is 3.92. The van der Waals surface area contributed by atoms with Crippen molar-refractivity contribution < 1.29 is 0 Å². The van der Waals surface area contributed by atoms with Gasteiger partial charge in [0.2, 0.25) is 0 Å². The fourth-order valence-corrected chi connectivity index (χ4v) is 8.04. The van der Waals surface area contributed by atoms with Gasteiger partial charge in [-0.15, -0.1) is 0 Å². The highest BCUT2D eigenvalue weighted by Gasteiger charge is 2.40. The zero-order valence-electron chi connectivity index (χ0n) is 30.4. The van der Waals surface area contributed by atoms with Gasteiger partial charge in [0.15, 0.2) is 5.82 Å². The summed E-state index contributed by atoms with van der Waals surface area (Å²) < 4.78 is 0. The van der Waals surface area contributed by atoms with Crippen LogP contribution in [0, 0.1) is 11.8 Å². The quantitative estimate of drug-likeness (QED) is 0.193. The standard InChI is InChI=1S/C49H42N4/c1-32-14-12-21-39(28-32)46-42-27-26-34-24-25-38(30-43(34)49(42,3)53-48(52-46)36-18-8-5-9-19-36)37-20-13-22-40(29-37)47-50-44(35-16-6-4-7-17-35)31-45(51-47)41-23-11-10-15-33(41)2/h4-13,16-33H,14-15H2,1-3H3,(H,52,53). The fraction of sp³-hybridized carbons (Fsp3) is 0.163. The molecule has 0 amide bonds. The number of nitrogens with one attached hydrogen (secondary N) is 1. The van der Waals surface area contributed by atoms with Crippen molar-refractivity contribution in [2.24, 2.45) is 16.8 Å². The molecule has 4 aliphatic rings. The molecule has 1 aliphatic heterocycles. The highest BCUT2D eigenvalue weighted by molar-refractivity contribution is 6.02. The van der Waals surface area contributed by atoms with E-state index in [1.54, 1.807) is 0 Å². The van der Waals surface area contributed by atoms with Crippen LogP contribution < -0.4 is 5.32 Å². The van der Waals surface area contributed by atoms with E-state index in [-0.39, 0.29) is 0 Å². The number of benzene rings is 4. The van der Waals surface area contributed by atoms with E-state index in [2.05, 4.69) is 178 Å². The number of nitrogens with zero attached hydrogens (tertiary/aromatic N) is 3. The van der Waals surface area contributed by atoms with Gasteiger partial charge in [0.25, 0.3) is 0 Å². The summed E-state index contributed by atoms with van der Waals surface area (Å²) in [6.07, 6.45) is 20.0. The van der Waals surface area contributed by atoms with Crippen LogP contribution in [0.5, 0.6) is 0 Å². The number of aliphatic imine (C=N–C) groups is 1. The minimum atomic E-state index is -0.504. The van der Waals surface area contributed by atoms with Gasteiger partial charge in [0.05, 0.1) is 22.6 Å². The molecule has 4 nitrogen and oxygen atoms in total. The van der Waals surface area contributed by atoms with Gasteiger partial charge in [-0.25, -0.2) is 15.0 Å². The van der Waals surface area contributed by atoms with Crippen LogP contribution >= 0.6 is 0 Å². The van der Waals surface area contributed by atoms with Gasteiger partial charge in [-0.05, 0) is 83.2 Å². The Balaban J connectivity index is 1.15. The van der Waals surface area contributed by atoms with Crippen molar-refractivity contribution in [3.63, 3.8) is 0 Å². The Hall–Kier alpha value is -6.13. The van der Waals surface area contributed by atoms with Gasteiger partial charge in [-0.3, -0.25) is 0 Å². The molecule has 3 atom stereocenters. The van der Waals surface area contributed by atoms with Gasteiger partial charge >= 0.3 is 0 Å². The van der Waals surface area contributed by atoms with Crippen LogP contribution in [0.4, 0.5) is 0 Å². The number of rotatable bonds is 6. The number of fused-ring (bicyclic) bond motifs is 3. The van der Waals surface area contributed by atoms with E-state index in [1.165, 1.54) is 27.8 Å². The largest absolute Gasteiger partial charge is 0.356 e. The van der Waals surface area contributed by atoms with Crippen molar-refractivity contribution in [3.8, 4) is 33.8 Å². The molecule has 1 aromatic heterocycles. The molecular weight excluding hydrogens is 645 g/mol. The minimum absolute atomic E-state index is 0.387. The van der Waals surface area contributed by atoms with Gasteiger partial charge in [-0.2, -0.15) is 0 Å². The van der Waals surface area contributed by atoms with E-state index in [9.17, 15) is 0 Å². The van der Waals surface area contributed by atoms with E-state index in [4.69, 9.17) is 15.0 Å². The molecule has 53 heavy (non-hydrogen) atoms. The molecule has 1 N–H and O–H groups in total. The third kappa shape index (κ3) is 6.14. The first-order chi connectivity index (χ1) is 25.9. The van der Waals surface area contributed by atoms with Gasteiger partial charge in [0, 0.05) is 22.3 Å². The first-order valence-corrected chi connectivity index (χ1v) is 18.7. The molecule has 3 unspecified atom stereocenters. The molecule has 2 heterocycles. The average Bonchev–Trinajstić information content (AvgIpc) is 3.21. The Labute approximate surface area is 312 Å². The summed E-state index contributed by atoms with van der Waals surface area (Å²) >= 11 is 0. The maximum Gasteiger partial charge on any atom is 0.160 e. The molecule has 9 rings (SSSR count). The number of hydrogen-bond acceptors (Lipinski definition) is 4. The summed E-state index contributed by atoms with van der Waals surface area (Å²) in [7, 11) is 0. The highest BCUT2D eigenvalue weighted by atomic mass is 15.1. The molecule has 0 saturated carbocycles. The third-order valence-corrected chi connectivity index (χ3v) is 11.0. The summed E-state index contributed by atoms with van der Waals surface area (Å²) in [6, 6.07) is 38.6. The maximum atomic E-state index is 5.31. The second-order valence-electron chi connectivity index (χ2n) is 14.8. The Morgan fingerprint density at radius 2 is 1.40 bits per heavy atom. The molecule has 3 aliphatic carbocycles. The second kappa shape index (κ2) is 13.4. The number of aromatic nitrogens is 2. The lowest BCUT2D eigenvalue weighted by Crippen LogP contribution is -2.49. The molecule has 0 saturated heterocycles. The van der Waals surface area contributed by atoms with Crippen molar-refractivity contribution in [1.29, 1.82) is 0 Å². The highest BCUT2D eigenvalue weighted by Crippen LogP contribution is 2.45. The SMILES string of the molecule is CC1C=C(C2=C3C=Cc4ccc(-c5cccc(-c6nc(C7=CC=CCC7C)cc(-c7ccccc7)n6)c5)cc4C3(C)NC(c3ccccc3)=N2)C=CC1. The summed E-state index contributed by atoms with van der Waals surface area (Å²) in [6.45, 7) is 6.85. The van der Waals surface area contributed by atoms with E-state index in [1.807, 2.05) is 6.07 Å².